The van der Waals surface area contributed by atoms with Crippen LogP contribution in [0.25, 0.3) is 11.0 Å². The number of furan rings is 1. The van der Waals surface area contributed by atoms with Gasteiger partial charge in [0.25, 0.3) is 0 Å². The zero-order valence-corrected chi connectivity index (χ0v) is 21.8. The maximum atomic E-state index is 14.0. The molecular formula is C28H31N3O4S. The average molecular weight is 506 g/mol. The Morgan fingerprint density at radius 2 is 1.86 bits per heavy atom. The Bertz CT molecular complexity index is 1320. The number of fused-ring (bicyclic) bond motifs is 1. The molecule has 2 heterocycles. The molecule has 0 aliphatic heterocycles. The van der Waals surface area contributed by atoms with Gasteiger partial charge in [0, 0.05) is 23.7 Å². The van der Waals surface area contributed by atoms with Gasteiger partial charge in [-0.15, -0.1) is 11.3 Å². The molecule has 0 bridgehead atoms. The molecule has 0 aliphatic carbocycles. The van der Waals surface area contributed by atoms with Gasteiger partial charge in [-0.1, -0.05) is 36.4 Å². The smallest absolute Gasteiger partial charge is 0.408 e. The third-order valence-corrected chi connectivity index (χ3v) is 6.32. The molecule has 0 fully saturated rings. The standard InChI is InChI=1S/C28H31N3O4S/c1-19-29-23(18-36-19)17-31(16-21-10-11-25-22(14-21)12-13-34-25)26(32)24(15-20-8-6-5-7-9-20)30-27(33)35-28(2,3)4/h5-14,18,24H,15-17H2,1-4H3,(H,30,33)/t24-/m0/s1. The third kappa shape index (κ3) is 6.95. The van der Waals surface area contributed by atoms with Gasteiger partial charge >= 0.3 is 6.09 Å². The number of carbonyl (C=O) groups is 2. The molecule has 2 aromatic carbocycles. The number of thiazole rings is 1. The number of nitrogens with one attached hydrogen (secondary N) is 1. The van der Waals surface area contributed by atoms with Gasteiger partial charge in [0.05, 0.1) is 23.5 Å². The van der Waals surface area contributed by atoms with Crippen molar-refractivity contribution in [3.05, 3.63) is 88.1 Å². The lowest BCUT2D eigenvalue weighted by molar-refractivity contribution is -0.134. The van der Waals surface area contributed by atoms with E-state index in [4.69, 9.17) is 9.15 Å². The van der Waals surface area contributed by atoms with Crippen molar-refractivity contribution in [1.82, 2.24) is 15.2 Å². The van der Waals surface area contributed by atoms with Crippen molar-refractivity contribution in [2.45, 2.75) is 58.8 Å². The van der Waals surface area contributed by atoms with Crippen molar-refractivity contribution in [1.29, 1.82) is 0 Å². The lowest BCUT2D eigenvalue weighted by atomic mass is 10.0. The highest BCUT2D eigenvalue weighted by atomic mass is 32.1. The molecule has 4 rings (SSSR count). The normalized spacial score (nSPS) is 12.3. The van der Waals surface area contributed by atoms with Crippen LogP contribution in [0.2, 0.25) is 0 Å². The molecule has 0 saturated heterocycles. The number of rotatable bonds is 8. The molecule has 0 radical (unpaired) electrons. The zero-order chi connectivity index (χ0) is 25.7. The fourth-order valence-corrected chi connectivity index (χ4v) is 4.55. The van der Waals surface area contributed by atoms with Gasteiger partial charge in [-0.25, -0.2) is 9.78 Å². The number of hydrogen-bond donors (Lipinski definition) is 1. The van der Waals surface area contributed by atoms with Gasteiger partial charge in [0.15, 0.2) is 0 Å². The van der Waals surface area contributed by atoms with Crippen molar-refractivity contribution in [2.24, 2.45) is 0 Å². The minimum absolute atomic E-state index is 0.206. The fourth-order valence-electron chi connectivity index (χ4n) is 3.94. The van der Waals surface area contributed by atoms with E-state index in [1.54, 1.807) is 43.3 Å². The molecule has 0 aliphatic rings. The van der Waals surface area contributed by atoms with E-state index in [1.165, 1.54) is 0 Å². The average Bonchev–Trinajstić information content (AvgIpc) is 3.45. The van der Waals surface area contributed by atoms with E-state index < -0.39 is 17.7 Å². The summed E-state index contributed by atoms with van der Waals surface area (Å²) in [6.45, 7) is 8.01. The molecular weight excluding hydrogens is 474 g/mol. The van der Waals surface area contributed by atoms with E-state index >= 15 is 0 Å². The Kier molecular flexibility index (Phi) is 7.74. The van der Waals surface area contributed by atoms with Crippen molar-refractivity contribution < 1.29 is 18.7 Å². The zero-order valence-electron chi connectivity index (χ0n) is 21.0. The predicted molar refractivity (Wildman–Crippen MR) is 141 cm³/mol. The first-order valence-corrected chi connectivity index (χ1v) is 12.7. The van der Waals surface area contributed by atoms with Crippen molar-refractivity contribution in [2.75, 3.05) is 0 Å². The van der Waals surface area contributed by atoms with E-state index in [2.05, 4.69) is 10.3 Å². The van der Waals surface area contributed by atoms with Gasteiger partial charge < -0.3 is 19.4 Å². The summed E-state index contributed by atoms with van der Waals surface area (Å²) in [6.07, 6.45) is 1.36. The molecule has 4 aromatic rings. The summed E-state index contributed by atoms with van der Waals surface area (Å²) in [7, 11) is 0. The number of alkyl carbamates (subject to hydrolysis) is 1. The van der Waals surface area contributed by atoms with Gasteiger partial charge in [0.1, 0.15) is 17.2 Å². The topological polar surface area (TPSA) is 84.7 Å². The highest BCUT2D eigenvalue weighted by molar-refractivity contribution is 7.09. The molecule has 188 valence electrons. The van der Waals surface area contributed by atoms with Gasteiger partial charge in [0.2, 0.25) is 5.91 Å². The summed E-state index contributed by atoms with van der Waals surface area (Å²) in [5, 5.41) is 6.68. The van der Waals surface area contributed by atoms with Crippen LogP contribution in [0.3, 0.4) is 0 Å². The van der Waals surface area contributed by atoms with Crippen LogP contribution >= 0.6 is 11.3 Å². The van der Waals surface area contributed by atoms with Crippen LogP contribution in [-0.4, -0.2) is 33.5 Å². The van der Waals surface area contributed by atoms with E-state index in [0.717, 1.165) is 32.8 Å². The Hall–Kier alpha value is -3.65. The van der Waals surface area contributed by atoms with Crippen LogP contribution in [0.15, 0.2) is 70.7 Å². The van der Waals surface area contributed by atoms with E-state index in [9.17, 15) is 9.59 Å². The van der Waals surface area contributed by atoms with Crippen molar-refractivity contribution in [3.8, 4) is 0 Å². The maximum Gasteiger partial charge on any atom is 0.408 e. The number of aromatic nitrogens is 1. The first-order valence-electron chi connectivity index (χ1n) is 11.9. The summed E-state index contributed by atoms with van der Waals surface area (Å²) in [5.74, 6) is -0.206. The molecule has 1 atom stereocenters. The van der Waals surface area contributed by atoms with Gasteiger partial charge in [-0.3, -0.25) is 4.79 Å². The second kappa shape index (κ2) is 11.0. The number of ether oxygens (including phenoxy) is 1. The number of aryl methyl sites for hydroxylation is 1. The quantitative estimate of drug-likeness (QED) is 0.324. The Morgan fingerprint density at radius 3 is 2.56 bits per heavy atom. The second-order valence-corrected chi connectivity index (χ2v) is 10.8. The summed E-state index contributed by atoms with van der Waals surface area (Å²) < 4.78 is 10.9. The third-order valence-electron chi connectivity index (χ3n) is 5.49. The summed E-state index contributed by atoms with van der Waals surface area (Å²) in [5.41, 5.74) is 2.82. The van der Waals surface area contributed by atoms with E-state index in [1.807, 2.05) is 66.9 Å². The van der Waals surface area contributed by atoms with Crippen LogP contribution in [0, 0.1) is 6.92 Å². The Labute approximate surface area is 215 Å². The highest BCUT2D eigenvalue weighted by Gasteiger charge is 2.29. The molecule has 1 N–H and O–H groups in total. The summed E-state index contributed by atoms with van der Waals surface area (Å²) >= 11 is 1.54. The molecule has 7 nitrogen and oxygen atoms in total. The highest BCUT2D eigenvalue weighted by Crippen LogP contribution is 2.21. The first kappa shape index (κ1) is 25.4. The minimum atomic E-state index is -0.806. The van der Waals surface area contributed by atoms with E-state index in [-0.39, 0.29) is 5.91 Å². The number of hydrogen-bond acceptors (Lipinski definition) is 6. The van der Waals surface area contributed by atoms with Crippen LogP contribution in [0.5, 0.6) is 0 Å². The first-order chi connectivity index (χ1) is 17.2. The predicted octanol–water partition coefficient (Wildman–Crippen LogP) is 5.86. The van der Waals surface area contributed by atoms with E-state index in [0.29, 0.717) is 19.5 Å². The molecule has 2 aromatic heterocycles. The lowest BCUT2D eigenvalue weighted by Gasteiger charge is -2.29. The molecule has 0 saturated carbocycles. The van der Waals surface area contributed by atoms with Crippen LogP contribution < -0.4 is 5.32 Å². The van der Waals surface area contributed by atoms with Crippen LogP contribution in [-0.2, 0) is 29.0 Å². The minimum Gasteiger partial charge on any atom is -0.464 e. The summed E-state index contributed by atoms with van der Waals surface area (Å²) in [4.78, 5) is 33.0. The molecule has 8 heteroatoms. The monoisotopic (exact) mass is 505 g/mol. The maximum absolute atomic E-state index is 14.0. The number of nitrogens with zero attached hydrogens (tertiary/aromatic N) is 2. The number of carbonyl (C=O) groups excluding carboxylic acids is 2. The molecule has 36 heavy (non-hydrogen) atoms. The van der Waals surface area contributed by atoms with Gasteiger partial charge in [-0.05, 0) is 57.0 Å². The summed E-state index contributed by atoms with van der Waals surface area (Å²) in [6, 6.07) is 16.6. The Balaban J connectivity index is 1.62. The molecule has 0 unspecified atom stereocenters. The molecule has 0 spiro atoms. The largest absolute Gasteiger partial charge is 0.464 e. The van der Waals surface area contributed by atoms with Crippen LogP contribution in [0.4, 0.5) is 4.79 Å². The van der Waals surface area contributed by atoms with Crippen molar-refractivity contribution in [3.63, 3.8) is 0 Å². The Morgan fingerprint density at radius 1 is 1.08 bits per heavy atom. The second-order valence-electron chi connectivity index (χ2n) is 9.73. The SMILES string of the molecule is Cc1nc(CN(Cc2ccc3occc3c2)C(=O)[C@H](Cc2ccccc2)NC(=O)OC(C)(C)C)cs1. The molecule has 2 amide bonds. The van der Waals surface area contributed by atoms with Crippen molar-refractivity contribution >= 4 is 34.3 Å². The fraction of sp³-hybridized carbons (Fsp3) is 0.321. The van der Waals surface area contributed by atoms with Crippen LogP contribution in [0.1, 0.15) is 42.6 Å². The number of amides is 2. The van der Waals surface area contributed by atoms with Gasteiger partial charge in [-0.2, -0.15) is 0 Å². The lowest BCUT2D eigenvalue weighted by Crippen LogP contribution is -2.50. The number of benzene rings is 2.